The summed E-state index contributed by atoms with van der Waals surface area (Å²) in [5, 5.41) is 19.1. The number of aliphatic hydroxyl groups is 1. The number of aryl methyl sites for hydroxylation is 2. The van der Waals surface area contributed by atoms with Gasteiger partial charge in [-0.3, -0.25) is 0 Å². The highest BCUT2D eigenvalue weighted by Gasteiger charge is 2.20. The molecule has 5 nitrogen and oxygen atoms in total. The first-order valence-corrected chi connectivity index (χ1v) is 8.57. The van der Waals surface area contributed by atoms with E-state index < -0.39 is 16.1 Å². The lowest BCUT2D eigenvalue weighted by Gasteiger charge is -2.15. The summed E-state index contributed by atoms with van der Waals surface area (Å²) in [6, 6.07) is 13.7. The number of sulfonamides is 1. The van der Waals surface area contributed by atoms with E-state index in [1.54, 1.807) is 31.2 Å². The lowest BCUT2D eigenvalue weighted by Crippen LogP contribution is -2.29. The molecule has 0 spiro atoms. The fourth-order valence-corrected chi connectivity index (χ4v) is 3.60. The van der Waals surface area contributed by atoms with Crippen LogP contribution in [0.15, 0.2) is 47.4 Å². The van der Waals surface area contributed by atoms with Crippen molar-refractivity contribution in [2.75, 3.05) is 6.54 Å². The first-order valence-electron chi connectivity index (χ1n) is 7.09. The zero-order valence-electron chi connectivity index (χ0n) is 12.9. The van der Waals surface area contributed by atoms with Crippen molar-refractivity contribution in [1.29, 1.82) is 5.26 Å². The van der Waals surface area contributed by atoms with Crippen LogP contribution >= 0.6 is 0 Å². The minimum atomic E-state index is -3.80. The standard InChI is InChI=1S/C17H18N2O3S/c1-12-5-3-4-6-15(12)16(20)11-19-23(21,22)17-9-14(10-18)8-7-13(17)2/h3-9,16,19-20H,11H2,1-2H3. The van der Waals surface area contributed by atoms with E-state index in [2.05, 4.69) is 4.72 Å². The third-order valence-corrected chi connectivity index (χ3v) is 5.19. The number of hydrogen-bond acceptors (Lipinski definition) is 4. The van der Waals surface area contributed by atoms with Crippen molar-refractivity contribution in [3.63, 3.8) is 0 Å². The van der Waals surface area contributed by atoms with Crippen LogP contribution in [-0.4, -0.2) is 20.1 Å². The number of nitriles is 1. The molecule has 1 atom stereocenters. The maximum atomic E-state index is 12.4. The normalized spacial score (nSPS) is 12.6. The molecule has 0 aliphatic heterocycles. The minimum Gasteiger partial charge on any atom is -0.387 e. The molecule has 6 heteroatoms. The molecule has 0 fully saturated rings. The molecule has 0 aromatic heterocycles. The second-order valence-electron chi connectivity index (χ2n) is 5.32. The average Bonchev–Trinajstić information content (AvgIpc) is 2.53. The summed E-state index contributed by atoms with van der Waals surface area (Å²) in [6.45, 7) is 3.38. The van der Waals surface area contributed by atoms with Gasteiger partial charge in [-0.15, -0.1) is 0 Å². The number of benzene rings is 2. The topological polar surface area (TPSA) is 90.2 Å². The van der Waals surface area contributed by atoms with Crippen LogP contribution in [0.5, 0.6) is 0 Å². The van der Waals surface area contributed by atoms with E-state index in [1.807, 2.05) is 25.1 Å². The Balaban J connectivity index is 2.20. The second kappa shape index (κ2) is 6.92. The van der Waals surface area contributed by atoms with Gasteiger partial charge in [-0.05, 0) is 42.7 Å². The maximum absolute atomic E-state index is 12.4. The van der Waals surface area contributed by atoms with E-state index in [-0.39, 0.29) is 17.0 Å². The monoisotopic (exact) mass is 330 g/mol. The lowest BCUT2D eigenvalue weighted by molar-refractivity contribution is 0.181. The molecule has 2 aromatic carbocycles. The van der Waals surface area contributed by atoms with Crippen LogP contribution in [0.25, 0.3) is 0 Å². The van der Waals surface area contributed by atoms with E-state index in [4.69, 9.17) is 5.26 Å². The van der Waals surface area contributed by atoms with Gasteiger partial charge >= 0.3 is 0 Å². The Labute approximate surface area is 136 Å². The van der Waals surface area contributed by atoms with Crippen molar-refractivity contribution in [3.05, 3.63) is 64.7 Å². The first-order chi connectivity index (χ1) is 10.8. The van der Waals surface area contributed by atoms with E-state index in [0.29, 0.717) is 11.1 Å². The number of rotatable bonds is 5. The van der Waals surface area contributed by atoms with Gasteiger partial charge in [-0.25, -0.2) is 13.1 Å². The first kappa shape index (κ1) is 17.2. The molecule has 0 saturated carbocycles. The summed E-state index contributed by atoms with van der Waals surface area (Å²) in [5.74, 6) is 0. The molecule has 0 amide bonds. The van der Waals surface area contributed by atoms with Gasteiger partial charge in [-0.2, -0.15) is 5.26 Å². The van der Waals surface area contributed by atoms with Crippen LogP contribution < -0.4 is 4.72 Å². The van der Waals surface area contributed by atoms with Crippen LogP contribution in [0, 0.1) is 25.2 Å². The highest BCUT2D eigenvalue weighted by Crippen LogP contribution is 2.19. The van der Waals surface area contributed by atoms with Gasteiger partial charge in [0.15, 0.2) is 0 Å². The summed E-state index contributed by atoms with van der Waals surface area (Å²) in [7, 11) is -3.80. The van der Waals surface area contributed by atoms with Gasteiger partial charge in [-0.1, -0.05) is 30.3 Å². The third kappa shape index (κ3) is 3.96. The Morgan fingerprint density at radius 3 is 2.52 bits per heavy atom. The molecule has 23 heavy (non-hydrogen) atoms. The van der Waals surface area contributed by atoms with E-state index in [1.165, 1.54) is 6.07 Å². The lowest BCUT2D eigenvalue weighted by atomic mass is 10.0. The maximum Gasteiger partial charge on any atom is 0.240 e. The average molecular weight is 330 g/mol. The van der Waals surface area contributed by atoms with Gasteiger partial charge < -0.3 is 5.11 Å². The SMILES string of the molecule is Cc1ccccc1C(O)CNS(=O)(=O)c1cc(C#N)ccc1C. The van der Waals surface area contributed by atoms with Crippen LogP contribution in [-0.2, 0) is 10.0 Å². The van der Waals surface area contributed by atoms with E-state index in [0.717, 1.165) is 5.56 Å². The fraction of sp³-hybridized carbons (Fsp3) is 0.235. The van der Waals surface area contributed by atoms with Crippen LogP contribution in [0.3, 0.4) is 0 Å². The molecule has 2 N–H and O–H groups in total. The van der Waals surface area contributed by atoms with Gasteiger partial charge in [0.25, 0.3) is 0 Å². The predicted octanol–water partition coefficient (Wildman–Crippen LogP) is 2.19. The van der Waals surface area contributed by atoms with Gasteiger partial charge in [0.05, 0.1) is 22.6 Å². The van der Waals surface area contributed by atoms with Crippen molar-refractivity contribution in [2.24, 2.45) is 0 Å². The molecule has 2 aromatic rings. The molecule has 2 rings (SSSR count). The molecule has 1 unspecified atom stereocenters. The minimum absolute atomic E-state index is 0.0496. The molecule has 0 aliphatic rings. The highest BCUT2D eigenvalue weighted by atomic mass is 32.2. The predicted molar refractivity (Wildman–Crippen MR) is 87.2 cm³/mol. The van der Waals surface area contributed by atoms with Gasteiger partial charge in [0.2, 0.25) is 10.0 Å². The molecular weight excluding hydrogens is 312 g/mol. The molecule has 0 bridgehead atoms. The number of aliphatic hydroxyl groups excluding tert-OH is 1. The largest absolute Gasteiger partial charge is 0.387 e. The highest BCUT2D eigenvalue weighted by molar-refractivity contribution is 7.89. The summed E-state index contributed by atoms with van der Waals surface area (Å²) in [6.07, 6.45) is -0.939. The molecule has 0 saturated heterocycles. The van der Waals surface area contributed by atoms with Crippen molar-refractivity contribution in [2.45, 2.75) is 24.8 Å². The zero-order chi connectivity index (χ0) is 17.0. The fourth-order valence-electron chi connectivity index (χ4n) is 2.30. The van der Waals surface area contributed by atoms with Crippen molar-refractivity contribution in [3.8, 4) is 6.07 Å². The van der Waals surface area contributed by atoms with Gasteiger partial charge in [0, 0.05) is 6.54 Å². The Morgan fingerprint density at radius 2 is 1.87 bits per heavy atom. The summed E-state index contributed by atoms with van der Waals surface area (Å²) in [4.78, 5) is 0.0496. The van der Waals surface area contributed by atoms with Crippen LogP contribution in [0.4, 0.5) is 0 Å². The molecule has 0 heterocycles. The summed E-state index contributed by atoms with van der Waals surface area (Å²) < 4.78 is 27.2. The second-order valence-corrected chi connectivity index (χ2v) is 7.05. The van der Waals surface area contributed by atoms with Gasteiger partial charge in [0.1, 0.15) is 0 Å². The molecule has 0 radical (unpaired) electrons. The number of nitrogens with zero attached hydrogens (tertiary/aromatic N) is 1. The van der Waals surface area contributed by atoms with Crippen LogP contribution in [0.1, 0.15) is 28.4 Å². The number of hydrogen-bond donors (Lipinski definition) is 2. The Hall–Kier alpha value is -2.20. The Bertz CT molecular complexity index is 854. The quantitative estimate of drug-likeness (QED) is 0.879. The van der Waals surface area contributed by atoms with Crippen LogP contribution in [0.2, 0.25) is 0 Å². The smallest absolute Gasteiger partial charge is 0.240 e. The molecule has 0 aliphatic carbocycles. The summed E-state index contributed by atoms with van der Waals surface area (Å²) in [5.41, 5.74) is 2.39. The third-order valence-electron chi connectivity index (χ3n) is 3.62. The summed E-state index contributed by atoms with van der Waals surface area (Å²) >= 11 is 0. The van der Waals surface area contributed by atoms with Crippen molar-refractivity contribution >= 4 is 10.0 Å². The Kier molecular flexibility index (Phi) is 5.16. The zero-order valence-corrected chi connectivity index (χ0v) is 13.8. The van der Waals surface area contributed by atoms with Crippen molar-refractivity contribution in [1.82, 2.24) is 4.72 Å². The van der Waals surface area contributed by atoms with E-state index >= 15 is 0 Å². The van der Waals surface area contributed by atoms with Crippen molar-refractivity contribution < 1.29 is 13.5 Å². The molecule has 120 valence electrons. The Morgan fingerprint density at radius 1 is 1.17 bits per heavy atom. The molecular formula is C17H18N2O3S. The van der Waals surface area contributed by atoms with E-state index in [9.17, 15) is 13.5 Å². The number of nitrogens with one attached hydrogen (secondary N) is 1.